The molecule has 0 aliphatic carbocycles. The fourth-order valence-corrected chi connectivity index (χ4v) is 2.96. The van der Waals surface area contributed by atoms with Crippen LogP contribution in [-0.2, 0) is 28.9 Å². The normalized spacial score (nSPS) is 13.1. The molecule has 0 radical (unpaired) electrons. The summed E-state index contributed by atoms with van der Waals surface area (Å²) >= 11 is 0. The Morgan fingerprint density at radius 3 is 2.71 bits per heavy atom. The van der Waals surface area contributed by atoms with Crippen molar-refractivity contribution in [2.45, 2.75) is 32.1 Å². The molecule has 0 bridgehead atoms. The lowest BCUT2D eigenvalue weighted by Crippen LogP contribution is -2.26. The summed E-state index contributed by atoms with van der Waals surface area (Å²) in [6, 6.07) is 16.1. The van der Waals surface area contributed by atoms with Crippen LogP contribution in [0.4, 0.5) is 5.69 Å². The fraction of sp³-hybridized carbons (Fsp3) is 0.300. The number of carbonyl (C=O) groups is 2. The molecule has 3 rings (SSSR count). The van der Waals surface area contributed by atoms with E-state index in [-0.39, 0.29) is 11.8 Å². The van der Waals surface area contributed by atoms with Gasteiger partial charge in [0, 0.05) is 18.7 Å². The van der Waals surface area contributed by atoms with Crippen molar-refractivity contribution in [3.8, 4) is 0 Å². The Bertz CT molecular complexity index is 726. The SMILES string of the molecule is O=C(Cc1ccc2c(c1)CCC(=O)N2)NCCCc1ccccc1. The highest BCUT2D eigenvalue weighted by molar-refractivity contribution is 5.94. The number of nitrogens with one attached hydrogen (secondary N) is 2. The lowest BCUT2D eigenvalue weighted by atomic mass is 9.99. The Hall–Kier alpha value is -2.62. The zero-order valence-electron chi connectivity index (χ0n) is 13.7. The number of aryl methyl sites for hydroxylation is 2. The van der Waals surface area contributed by atoms with Crippen LogP contribution in [0, 0.1) is 0 Å². The monoisotopic (exact) mass is 322 g/mol. The molecule has 2 amide bonds. The second-order valence-corrected chi connectivity index (χ2v) is 6.16. The summed E-state index contributed by atoms with van der Waals surface area (Å²) < 4.78 is 0. The van der Waals surface area contributed by atoms with Crippen molar-refractivity contribution in [2.24, 2.45) is 0 Å². The Morgan fingerprint density at radius 2 is 1.88 bits per heavy atom. The van der Waals surface area contributed by atoms with Crippen LogP contribution >= 0.6 is 0 Å². The largest absolute Gasteiger partial charge is 0.356 e. The molecule has 0 saturated heterocycles. The van der Waals surface area contributed by atoms with Crippen LogP contribution in [0.1, 0.15) is 29.5 Å². The van der Waals surface area contributed by atoms with Crippen molar-refractivity contribution >= 4 is 17.5 Å². The molecule has 0 unspecified atom stereocenters. The van der Waals surface area contributed by atoms with E-state index in [0.29, 0.717) is 19.4 Å². The Kier molecular flexibility index (Phi) is 5.26. The van der Waals surface area contributed by atoms with Gasteiger partial charge in [-0.2, -0.15) is 0 Å². The summed E-state index contributed by atoms with van der Waals surface area (Å²) in [7, 11) is 0. The Labute approximate surface area is 142 Å². The number of benzene rings is 2. The number of fused-ring (bicyclic) bond motifs is 1. The average Bonchev–Trinajstić information content (AvgIpc) is 2.60. The van der Waals surface area contributed by atoms with Crippen LogP contribution < -0.4 is 10.6 Å². The van der Waals surface area contributed by atoms with Crippen molar-refractivity contribution in [3.05, 3.63) is 65.2 Å². The van der Waals surface area contributed by atoms with E-state index in [9.17, 15) is 9.59 Å². The maximum absolute atomic E-state index is 12.1. The first-order valence-corrected chi connectivity index (χ1v) is 8.43. The molecular formula is C20H22N2O2. The molecular weight excluding hydrogens is 300 g/mol. The van der Waals surface area contributed by atoms with Crippen molar-refractivity contribution in [2.75, 3.05) is 11.9 Å². The van der Waals surface area contributed by atoms with Gasteiger partial charge in [-0.05, 0) is 42.0 Å². The summed E-state index contributed by atoms with van der Waals surface area (Å²) in [5.41, 5.74) is 4.27. The number of amides is 2. The molecule has 0 saturated carbocycles. The summed E-state index contributed by atoms with van der Waals surface area (Å²) in [6.07, 6.45) is 3.55. The number of rotatable bonds is 6. The fourth-order valence-electron chi connectivity index (χ4n) is 2.96. The minimum atomic E-state index is 0.0443. The van der Waals surface area contributed by atoms with Crippen LogP contribution in [0.5, 0.6) is 0 Å². The van der Waals surface area contributed by atoms with Crippen LogP contribution in [0.3, 0.4) is 0 Å². The van der Waals surface area contributed by atoms with Crippen LogP contribution in [0.15, 0.2) is 48.5 Å². The van der Waals surface area contributed by atoms with E-state index in [0.717, 1.165) is 36.1 Å². The topological polar surface area (TPSA) is 58.2 Å². The van der Waals surface area contributed by atoms with Gasteiger partial charge >= 0.3 is 0 Å². The smallest absolute Gasteiger partial charge is 0.224 e. The zero-order chi connectivity index (χ0) is 16.8. The summed E-state index contributed by atoms with van der Waals surface area (Å²) in [5.74, 6) is 0.106. The van der Waals surface area contributed by atoms with Gasteiger partial charge in [-0.15, -0.1) is 0 Å². The quantitative estimate of drug-likeness (QED) is 0.804. The third kappa shape index (κ3) is 4.44. The second kappa shape index (κ2) is 7.77. The van der Waals surface area contributed by atoms with E-state index in [1.807, 2.05) is 36.4 Å². The maximum Gasteiger partial charge on any atom is 0.224 e. The Balaban J connectivity index is 1.44. The second-order valence-electron chi connectivity index (χ2n) is 6.16. The third-order valence-corrected chi connectivity index (χ3v) is 4.24. The molecule has 0 atom stereocenters. The van der Waals surface area contributed by atoms with Crippen molar-refractivity contribution in [1.82, 2.24) is 5.32 Å². The summed E-state index contributed by atoms with van der Waals surface area (Å²) in [5, 5.41) is 5.84. The lowest BCUT2D eigenvalue weighted by Gasteiger charge is -2.17. The van der Waals surface area contributed by atoms with Gasteiger partial charge in [-0.1, -0.05) is 42.5 Å². The first-order valence-electron chi connectivity index (χ1n) is 8.43. The minimum Gasteiger partial charge on any atom is -0.356 e. The van der Waals surface area contributed by atoms with Gasteiger partial charge in [-0.3, -0.25) is 9.59 Å². The van der Waals surface area contributed by atoms with Gasteiger partial charge in [0.1, 0.15) is 0 Å². The molecule has 1 heterocycles. The number of hydrogen-bond donors (Lipinski definition) is 2. The molecule has 24 heavy (non-hydrogen) atoms. The van der Waals surface area contributed by atoms with E-state index in [1.54, 1.807) is 0 Å². The molecule has 0 spiro atoms. The third-order valence-electron chi connectivity index (χ3n) is 4.24. The highest BCUT2D eigenvalue weighted by Crippen LogP contribution is 2.23. The Morgan fingerprint density at radius 1 is 1.04 bits per heavy atom. The molecule has 124 valence electrons. The van der Waals surface area contributed by atoms with Crippen molar-refractivity contribution in [3.63, 3.8) is 0 Å². The first kappa shape index (κ1) is 16.2. The lowest BCUT2D eigenvalue weighted by molar-refractivity contribution is -0.120. The van der Waals surface area contributed by atoms with Crippen LogP contribution in [0.2, 0.25) is 0 Å². The number of anilines is 1. The van der Waals surface area contributed by atoms with E-state index in [2.05, 4.69) is 22.8 Å². The van der Waals surface area contributed by atoms with Crippen molar-refractivity contribution < 1.29 is 9.59 Å². The molecule has 4 nitrogen and oxygen atoms in total. The number of carbonyl (C=O) groups excluding carboxylic acids is 2. The minimum absolute atomic E-state index is 0.0443. The van der Waals surface area contributed by atoms with Gasteiger partial charge < -0.3 is 10.6 Å². The highest BCUT2D eigenvalue weighted by Gasteiger charge is 2.15. The van der Waals surface area contributed by atoms with Crippen LogP contribution in [0.25, 0.3) is 0 Å². The van der Waals surface area contributed by atoms with Gasteiger partial charge in [0.15, 0.2) is 0 Å². The van der Waals surface area contributed by atoms with E-state index in [1.165, 1.54) is 5.56 Å². The molecule has 1 aliphatic heterocycles. The molecule has 4 heteroatoms. The predicted octanol–water partition coefficient (Wildman–Crippen LogP) is 2.86. The highest BCUT2D eigenvalue weighted by atomic mass is 16.2. The molecule has 1 aliphatic rings. The zero-order valence-corrected chi connectivity index (χ0v) is 13.7. The predicted molar refractivity (Wildman–Crippen MR) is 94.9 cm³/mol. The van der Waals surface area contributed by atoms with E-state index < -0.39 is 0 Å². The molecule has 2 aromatic carbocycles. The molecule has 0 aromatic heterocycles. The van der Waals surface area contributed by atoms with Crippen LogP contribution in [-0.4, -0.2) is 18.4 Å². The average molecular weight is 322 g/mol. The van der Waals surface area contributed by atoms with E-state index in [4.69, 9.17) is 0 Å². The van der Waals surface area contributed by atoms with E-state index >= 15 is 0 Å². The van der Waals surface area contributed by atoms with Gasteiger partial charge in [0.2, 0.25) is 11.8 Å². The van der Waals surface area contributed by atoms with Crippen molar-refractivity contribution in [1.29, 1.82) is 0 Å². The van der Waals surface area contributed by atoms with Gasteiger partial charge in [0.05, 0.1) is 6.42 Å². The van der Waals surface area contributed by atoms with Gasteiger partial charge in [0.25, 0.3) is 0 Å². The molecule has 2 N–H and O–H groups in total. The van der Waals surface area contributed by atoms with Gasteiger partial charge in [-0.25, -0.2) is 0 Å². The number of hydrogen-bond acceptors (Lipinski definition) is 2. The molecule has 0 fully saturated rings. The molecule has 2 aromatic rings. The maximum atomic E-state index is 12.1. The summed E-state index contributed by atoms with van der Waals surface area (Å²) in [4.78, 5) is 23.4. The standard InChI is InChI=1S/C20H22N2O2/c23-19-11-9-17-13-16(8-10-18(17)22-19)14-20(24)21-12-4-7-15-5-2-1-3-6-15/h1-3,5-6,8,10,13H,4,7,9,11-12,14H2,(H,21,24)(H,22,23). The summed E-state index contributed by atoms with van der Waals surface area (Å²) in [6.45, 7) is 0.689. The first-order chi connectivity index (χ1) is 11.7.